The van der Waals surface area contributed by atoms with E-state index in [9.17, 15) is 13.2 Å². The van der Waals surface area contributed by atoms with Crippen LogP contribution >= 0.6 is 0 Å². The Morgan fingerprint density at radius 2 is 1.94 bits per heavy atom. The van der Waals surface area contributed by atoms with E-state index >= 15 is 0 Å². The molecule has 2 aliphatic rings. The third kappa shape index (κ3) is 4.82. The molecule has 1 amide bonds. The normalized spacial score (nSPS) is 19.9. The lowest BCUT2D eigenvalue weighted by Crippen LogP contribution is -2.48. The zero-order valence-electron chi connectivity index (χ0n) is 20.5. The Morgan fingerprint density at radius 3 is 2.61 bits per heavy atom. The van der Waals surface area contributed by atoms with Gasteiger partial charge in [-0.2, -0.15) is 9.40 Å². The highest BCUT2D eigenvalue weighted by Gasteiger charge is 2.29. The average molecular weight is 515 g/mol. The summed E-state index contributed by atoms with van der Waals surface area (Å²) in [6.45, 7) is 4.56. The number of fused-ring (bicyclic) bond motifs is 1. The number of nitrogens with zero attached hydrogens (tertiary/aromatic N) is 5. The van der Waals surface area contributed by atoms with Gasteiger partial charge >= 0.3 is 0 Å². The third-order valence-corrected chi connectivity index (χ3v) is 8.15. The average Bonchev–Trinajstić information content (AvgIpc) is 3.52. The van der Waals surface area contributed by atoms with Crippen LogP contribution in [0.25, 0.3) is 16.8 Å². The van der Waals surface area contributed by atoms with Gasteiger partial charge in [-0.05, 0) is 25.1 Å². The molecule has 2 fully saturated rings. The van der Waals surface area contributed by atoms with Crippen molar-refractivity contribution in [3.8, 4) is 22.9 Å². The van der Waals surface area contributed by atoms with Crippen LogP contribution in [-0.4, -0.2) is 85.4 Å². The number of rotatable bonds is 7. The van der Waals surface area contributed by atoms with Gasteiger partial charge in [0.2, 0.25) is 21.8 Å². The van der Waals surface area contributed by atoms with Crippen LogP contribution in [0.2, 0.25) is 0 Å². The van der Waals surface area contributed by atoms with Crippen LogP contribution in [0.4, 0.5) is 5.69 Å². The zero-order valence-corrected chi connectivity index (χ0v) is 21.4. The first-order valence-electron chi connectivity index (χ1n) is 11.9. The van der Waals surface area contributed by atoms with Crippen molar-refractivity contribution in [1.29, 1.82) is 0 Å². The van der Waals surface area contributed by atoms with Crippen molar-refractivity contribution in [3.63, 3.8) is 0 Å². The Bertz CT molecular complexity index is 1380. The minimum atomic E-state index is -3.20. The molecule has 1 unspecified atom stereocenters. The molecular formula is C24H30N6O5S. The van der Waals surface area contributed by atoms with E-state index in [1.165, 1.54) is 10.6 Å². The van der Waals surface area contributed by atoms with Crippen molar-refractivity contribution in [1.82, 2.24) is 24.2 Å². The molecule has 0 radical (unpaired) electrons. The smallest absolute Gasteiger partial charge is 0.240 e. The number of aromatic nitrogens is 3. The summed E-state index contributed by atoms with van der Waals surface area (Å²) in [6, 6.07) is 7.70. The van der Waals surface area contributed by atoms with E-state index in [0.29, 0.717) is 56.5 Å². The number of nitrogens with one attached hydrogen (secondary N) is 1. The van der Waals surface area contributed by atoms with E-state index in [1.54, 1.807) is 17.8 Å². The lowest BCUT2D eigenvalue weighted by molar-refractivity contribution is -0.119. The second-order valence-corrected chi connectivity index (χ2v) is 11.2. The van der Waals surface area contributed by atoms with Crippen LogP contribution in [0.5, 0.6) is 11.6 Å². The highest BCUT2D eigenvalue weighted by molar-refractivity contribution is 7.88. The Hall–Kier alpha value is -3.38. The van der Waals surface area contributed by atoms with E-state index in [2.05, 4.69) is 15.3 Å². The molecule has 4 heterocycles. The summed E-state index contributed by atoms with van der Waals surface area (Å²) in [5.74, 6) is 1.25. The number of carbonyl (C=O) groups excluding carboxylic acids is 1. The van der Waals surface area contributed by atoms with Crippen molar-refractivity contribution in [3.05, 3.63) is 36.7 Å². The van der Waals surface area contributed by atoms with Gasteiger partial charge in [0.05, 0.1) is 37.1 Å². The SMILES string of the molecule is COc1cc(-c2cn3nccc3c(OC(C)[C@H]3CNC(=O)C3)n2)ccc1N1CCN(S(C)(=O)=O)CC1. The van der Waals surface area contributed by atoms with Gasteiger partial charge < -0.3 is 19.7 Å². The monoisotopic (exact) mass is 514 g/mol. The maximum absolute atomic E-state index is 11.9. The largest absolute Gasteiger partial charge is 0.495 e. The molecule has 0 saturated carbocycles. The van der Waals surface area contributed by atoms with Gasteiger partial charge in [-0.3, -0.25) is 4.79 Å². The summed E-state index contributed by atoms with van der Waals surface area (Å²) in [5, 5.41) is 7.23. The quantitative estimate of drug-likeness (QED) is 0.503. The van der Waals surface area contributed by atoms with Crippen LogP contribution in [0, 0.1) is 5.92 Å². The molecule has 0 spiro atoms. The van der Waals surface area contributed by atoms with Gasteiger partial charge in [-0.1, -0.05) is 6.07 Å². The first-order valence-corrected chi connectivity index (χ1v) is 13.7. The van der Waals surface area contributed by atoms with Crippen molar-refractivity contribution in [2.45, 2.75) is 19.4 Å². The fourth-order valence-corrected chi connectivity index (χ4v) is 5.54. The van der Waals surface area contributed by atoms with Crippen molar-refractivity contribution >= 4 is 27.1 Å². The topological polar surface area (TPSA) is 118 Å². The van der Waals surface area contributed by atoms with E-state index in [-0.39, 0.29) is 17.9 Å². The molecule has 192 valence electrons. The fraction of sp³-hybridized carbons (Fsp3) is 0.458. The predicted octanol–water partition coefficient (Wildman–Crippen LogP) is 1.39. The number of amides is 1. The van der Waals surface area contributed by atoms with E-state index in [1.807, 2.05) is 37.4 Å². The fourth-order valence-electron chi connectivity index (χ4n) is 4.71. The van der Waals surface area contributed by atoms with Crippen LogP contribution in [-0.2, 0) is 14.8 Å². The van der Waals surface area contributed by atoms with E-state index < -0.39 is 10.0 Å². The number of piperazine rings is 1. The summed E-state index contributed by atoms with van der Waals surface area (Å²) in [4.78, 5) is 18.6. The second-order valence-electron chi connectivity index (χ2n) is 9.22. The molecule has 2 aliphatic heterocycles. The molecule has 2 saturated heterocycles. The maximum atomic E-state index is 11.9. The van der Waals surface area contributed by atoms with E-state index in [4.69, 9.17) is 14.5 Å². The molecule has 0 aliphatic carbocycles. The zero-order chi connectivity index (χ0) is 25.4. The Balaban J connectivity index is 1.41. The standard InChI is InChI=1S/C24H30N6O5S/c1-16(18-13-23(31)25-14-18)35-24-21-6-7-26-30(21)15-19(27-24)17-4-5-20(22(12-17)34-2)28-8-10-29(11-9-28)36(3,32)33/h4-7,12,15-16,18H,8-11,13-14H2,1-3H3,(H,25,31)/t16?,18-/m1/s1. The number of anilines is 1. The minimum absolute atomic E-state index is 0.0385. The lowest BCUT2D eigenvalue weighted by Gasteiger charge is -2.35. The van der Waals surface area contributed by atoms with E-state index in [0.717, 1.165) is 16.8 Å². The Labute approximate surface area is 210 Å². The Morgan fingerprint density at radius 1 is 1.17 bits per heavy atom. The van der Waals surface area contributed by atoms with Gasteiger partial charge in [-0.15, -0.1) is 0 Å². The van der Waals surface area contributed by atoms with Gasteiger partial charge in [0.15, 0.2) is 0 Å². The van der Waals surface area contributed by atoms with Crippen molar-refractivity contribution < 1.29 is 22.7 Å². The maximum Gasteiger partial charge on any atom is 0.240 e. The number of hydrogen-bond donors (Lipinski definition) is 1. The molecule has 1 aromatic carbocycles. The van der Waals surface area contributed by atoms with Crippen LogP contribution in [0.15, 0.2) is 36.7 Å². The van der Waals surface area contributed by atoms with Crippen molar-refractivity contribution in [2.24, 2.45) is 5.92 Å². The molecule has 2 aromatic heterocycles. The van der Waals surface area contributed by atoms with Gasteiger partial charge in [-0.25, -0.2) is 17.9 Å². The summed E-state index contributed by atoms with van der Waals surface area (Å²) in [6.07, 6.45) is 5.01. The highest BCUT2D eigenvalue weighted by Crippen LogP contribution is 2.35. The number of ether oxygens (including phenoxy) is 2. The van der Waals surface area contributed by atoms with Crippen LogP contribution in [0.1, 0.15) is 13.3 Å². The summed E-state index contributed by atoms with van der Waals surface area (Å²) >= 11 is 0. The van der Waals surface area contributed by atoms with Crippen LogP contribution < -0.4 is 19.7 Å². The molecule has 2 atom stereocenters. The molecule has 11 nitrogen and oxygen atoms in total. The molecule has 0 bridgehead atoms. The first kappa shape index (κ1) is 24.3. The van der Waals surface area contributed by atoms with Gasteiger partial charge in [0.25, 0.3) is 0 Å². The number of sulfonamides is 1. The minimum Gasteiger partial charge on any atom is -0.495 e. The first-order chi connectivity index (χ1) is 17.2. The number of methoxy groups -OCH3 is 1. The molecule has 36 heavy (non-hydrogen) atoms. The second kappa shape index (κ2) is 9.58. The number of hydrogen-bond acceptors (Lipinski definition) is 8. The number of carbonyl (C=O) groups is 1. The molecule has 3 aromatic rings. The molecule has 12 heteroatoms. The summed E-state index contributed by atoms with van der Waals surface area (Å²) in [5.41, 5.74) is 3.15. The molecular weight excluding hydrogens is 484 g/mol. The summed E-state index contributed by atoms with van der Waals surface area (Å²) in [7, 11) is -1.58. The van der Waals surface area contributed by atoms with Crippen molar-refractivity contribution in [2.75, 3.05) is 51.0 Å². The highest BCUT2D eigenvalue weighted by atomic mass is 32.2. The summed E-state index contributed by atoms with van der Waals surface area (Å²) < 4.78 is 38.9. The lowest BCUT2D eigenvalue weighted by atomic mass is 10.0. The van der Waals surface area contributed by atoms with Gasteiger partial charge in [0.1, 0.15) is 17.4 Å². The van der Waals surface area contributed by atoms with Crippen LogP contribution in [0.3, 0.4) is 0 Å². The Kier molecular flexibility index (Phi) is 6.47. The predicted molar refractivity (Wildman–Crippen MR) is 135 cm³/mol. The number of benzene rings is 1. The molecule has 5 rings (SSSR count). The molecule has 1 N–H and O–H groups in total. The third-order valence-electron chi connectivity index (χ3n) is 6.85. The van der Waals surface area contributed by atoms with Gasteiger partial charge in [0, 0.05) is 50.6 Å².